The topological polar surface area (TPSA) is 14.8 Å². The largest absolute Gasteiger partial charge is 0.309 e. The standard InChI is InChI=1S/C54H35N3/c1-2-13-36(14-3-1)37-25-27-38(28-26-37)39-15-12-16-40(33-39)55-52-24-11-7-20-46(52)48-34-41(30-32-53(48)55)57-51-23-10-6-19-45(51)47-31-29-42(35-54(47)57)56-49-21-8-4-17-43(49)44-18-5-9-22-50(44)56/h1-35H/i1D,2D,3D,12D,13D,14D,15D,16D,25D,26D,27D,28D,33D. The van der Waals surface area contributed by atoms with E-state index in [9.17, 15) is 5.48 Å². The lowest BCUT2D eigenvalue weighted by Crippen LogP contribution is -1.97. The molecule has 0 radical (unpaired) electrons. The summed E-state index contributed by atoms with van der Waals surface area (Å²) in [5, 5.41) is 5.95. The van der Waals surface area contributed by atoms with Crippen LogP contribution >= 0.6 is 0 Å². The predicted molar refractivity (Wildman–Crippen MR) is 240 cm³/mol. The Morgan fingerprint density at radius 1 is 0.281 bits per heavy atom. The molecule has 3 aromatic heterocycles. The molecule has 3 nitrogen and oxygen atoms in total. The van der Waals surface area contributed by atoms with Crippen LogP contribution in [0.25, 0.3) is 105 Å². The summed E-state index contributed by atoms with van der Waals surface area (Å²) >= 11 is 0. The fourth-order valence-corrected chi connectivity index (χ4v) is 8.43. The van der Waals surface area contributed by atoms with Gasteiger partial charge in [-0.25, -0.2) is 0 Å². The van der Waals surface area contributed by atoms with E-state index in [2.05, 4.69) is 81.9 Å². The van der Waals surface area contributed by atoms with Crippen LogP contribution in [0.3, 0.4) is 0 Å². The lowest BCUT2D eigenvalue weighted by molar-refractivity contribution is 1.15. The summed E-state index contributed by atoms with van der Waals surface area (Å²) in [7, 11) is 0. The minimum atomic E-state index is -0.756. The van der Waals surface area contributed by atoms with Crippen LogP contribution in [0.15, 0.2) is 212 Å². The Morgan fingerprint density at radius 3 is 1.32 bits per heavy atom. The van der Waals surface area contributed by atoms with Crippen molar-refractivity contribution in [2.24, 2.45) is 0 Å². The van der Waals surface area contributed by atoms with Crippen molar-refractivity contribution in [1.29, 1.82) is 0 Å². The molecule has 0 atom stereocenters. The summed E-state index contributed by atoms with van der Waals surface area (Å²) in [5.74, 6) is 0. The van der Waals surface area contributed by atoms with Gasteiger partial charge in [0.25, 0.3) is 0 Å². The van der Waals surface area contributed by atoms with E-state index in [4.69, 9.17) is 12.3 Å². The van der Waals surface area contributed by atoms with Crippen LogP contribution in [-0.4, -0.2) is 13.7 Å². The Bertz CT molecular complexity index is 4190. The monoisotopic (exact) mass is 738 g/mol. The maximum absolute atomic E-state index is 9.74. The van der Waals surface area contributed by atoms with Gasteiger partial charge in [0.05, 0.1) is 50.9 Å². The Balaban J connectivity index is 1.08. The lowest BCUT2D eigenvalue weighted by Gasteiger charge is -2.13. The van der Waals surface area contributed by atoms with E-state index in [1.165, 1.54) is 0 Å². The lowest BCUT2D eigenvalue weighted by atomic mass is 10.00. The van der Waals surface area contributed by atoms with Gasteiger partial charge in [0.15, 0.2) is 0 Å². The van der Waals surface area contributed by atoms with Crippen LogP contribution in [-0.2, 0) is 0 Å². The van der Waals surface area contributed by atoms with Gasteiger partial charge in [-0.1, -0.05) is 145 Å². The fourth-order valence-electron chi connectivity index (χ4n) is 8.43. The average molecular weight is 739 g/mol. The van der Waals surface area contributed by atoms with Gasteiger partial charge in [0.2, 0.25) is 0 Å². The number of rotatable bonds is 5. The maximum Gasteiger partial charge on any atom is 0.0651 e. The number of para-hydroxylation sites is 4. The number of nitrogens with zero attached hydrogens (tertiary/aromatic N) is 3. The molecule has 0 aliphatic heterocycles. The molecule has 0 bridgehead atoms. The van der Waals surface area contributed by atoms with E-state index < -0.39 is 101 Å². The first-order chi connectivity index (χ1) is 33.7. The molecule has 9 aromatic carbocycles. The van der Waals surface area contributed by atoms with Crippen molar-refractivity contribution in [2.75, 3.05) is 0 Å². The molecular weight excluding hydrogens is 691 g/mol. The fraction of sp³-hybridized carbons (Fsp3) is 0. The number of hydrogen-bond acceptors (Lipinski definition) is 0. The molecule has 0 N–H and O–H groups in total. The van der Waals surface area contributed by atoms with Gasteiger partial charge in [0, 0.05) is 49.4 Å². The van der Waals surface area contributed by atoms with E-state index in [0.29, 0.717) is 11.0 Å². The molecule has 0 saturated carbocycles. The normalized spacial score (nSPS) is 15.1. The summed E-state index contributed by atoms with van der Waals surface area (Å²) in [6.07, 6.45) is 0. The summed E-state index contributed by atoms with van der Waals surface area (Å²) in [6.45, 7) is 0. The van der Waals surface area contributed by atoms with E-state index in [1.807, 2.05) is 60.7 Å². The zero-order valence-electron chi connectivity index (χ0n) is 43.0. The first kappa shape index (κ1) is 21.5. The number of hydrogen-bond donors (Lipinski definition) is 0. The molecule has 57 heavy (non-hydrogen) atoms. The van der Waals surface area contributed by atoms with Crippen molar-refractivity contribution in [2.45, 2.75) is 0 Å². The zero-order valence-corrected chi connectivity index (χ0v) is 30.0. The summed E-state index contributed by atoms with van der Waals surface area (Å²) in [4.78, 5) is 0. The van der Waals surface area contributed by atoms with Gasteiger partial charge in [0.1, 0.15) is 0 Å². The SMILES string of the molecule is [2H]c1c([2H])c([2H])c(-c2c([2H])c([2H])c(-c3c([2H])c([2H])c([2H])c(-n4c5ccccc5c5cc(-n6c7ccccc7c7ccc(-n8c9ccccc9c9ccccc98)cc76)ccc54)c3[2H])c([2H])c2[2H])c([2H])c1[2H]. The van der Waals surface area contributed by atoms with Crippen LogP contribution in [0.2, 0.25) is 0 Å². The Hall–Kier alpha value is -7.62. The van der Waals surface area contributed by atoms with Gasteiger partial charge in [-0.2, -0.15) is 0 Å². The van der Waals surface area contributed by atoms with Crippen molar-refractivity contribution < 1.29 is 17.8 Å². The quantitative estimate of drug-likeness (QED) is 0.167. The third-order valence-corrected chi connectivity index (χ3v) is 10.9. The molecule has 0 unspecified atom stereocenters. The van der Waals surface area contributed by atoms with Gasteiger partial charge in [-0.3, -0.25) is 0 Å². The minimum Gasteiger partial charge on any atom is -0.309 e. The van der Waals surface area contributed by atoms with Crippen LogP contribution in [0, 0.1) is 0 Å². The smallest absolute Gasteiger partial charge is 0.0651 e. The Labute approximate surface area is 347 Å². The highest BCUT2D eigenvalue weighted by Gasteiger charge is 2.19. The van der Waals surface area contributed by atoms with Crippen molar-refractivity contribution in [3.8, 4) is 39.3 Å². The number of fused-ring (bicyclic) bond motifs is 9. The molecule has 0 saturated heterocycles. The minimum absolute atomic E-state index is 0.116. The van der Waals surface area contributed by atoms with Crippen molar-refractivity contribution in [1.82, 2.24) is 13.7 Å². The number of benzene rings is 9. The summed E-state index contributed by atoms with van der Waals surface area (Å²) in [6, 6.07) is 36.1. The molecule has 266 valence electrons. The van der Waals surface area contributed by atoms with Crippen molar-refractivity contribution >= 4 is 65.4 Å². The second-order valence-electron chi connectivity index (χ2n) is 14.0. The van der Waals surface area contributed by atoms with Crippen molar-refractivity contribution in [3.63, 3.8) is 0 Å². The first-order valence-corrected chi connectivity index (χ1v) is 18.5. The molecular formula is C54H35N3. The van der Waals surface area contributed by atoms with E-state index in [-0.39, 0.29) is 5.69 Å². The zero-order chi connectivity index (χ0) is 48.8. The van der Waals surface area contributed by atoms with E-state index in [1.54, 1.807) is 4.57 Å². The maximum atomic E-state index is 9.74. The van der Waals surface area contributed by atoms with Gasteiger partial charge in [-0.15, -0.1) is 0 Å². The average Bonchev–Trinajstić information content (AvgIpc) is 4.01. The Morgan fingerprint density at radius 2 is 0.702 bits per heavy atom. The second kappa shape index (κ2) is 12.5. The van der Waals surface area contributed by atoms with Gasteiger partial charge < -0.3 is 13.7 Å². The van der Waals surface area contributed by atoms with Gasteiger partial charge in [-0.05, 0) is 88.9 Å². The molecule has 0 amide bonds. The first-order valence-electron chi connectivity index (χ1n) is 25.0. The molecule has 0 spiro atoms. The van der Waals surface area contributed by atoms with E-state index >= 15 is 0 Å². The molecule has 12 rings (SSSR count). The van der Waals surface area contributed by atoms with Crippen molar-refractivity contribution in [3.05, 3.63) is 212 Å². The molecule has 0 fully saturated rings. The highest BCUT2D eigenvalue weighted by atomic mass is 15.0. The molecule has 3 heterocycles. The molecule has 12 aromatic rings. The predicted octanol–water partition coefficient (Wildman–Crippen LogP) is 14.3. The molecule has 0 aliphatic carbocycles. The Kier molecular flexibility index (Phi) is 4.69. The second-order valence-corrected chi connectivity index (χ2v) is 14.0. The molecule has 0 aliphatic rings. The molecule has 3 heteroatoms. The van der Waals surface area contributed by atoms with Crippen LogP contribution in [0.4, 0.5) is 0 Å². The van der Waals surface area contributed by atoms with Gasteiger partial charge >= 0.3 is 0 Å². The third kappa shape index (κ3) is 4.86. The summed E-state index contributed by atoms with van der Waals surface area (Å²) < 4.78 is 121. The highest BCUT2D eigenvalue weighted by molar-refractivity contribution is 6.13. The number of aromatic nitrogens is 3. The highest BCUT2D eigenvalue weighted by Crippen LogP contribution is 2.39. The van der Waals surface area contributed by atoms with Crippen LogP contribution in [0.1, 0.15) is 17.8 Å². The van der Waals surface area contributed by atoms with Crippen LogP contribution in [0.5, 0.6) is 0 Å². The van der Waals surface area contributed by atoms with E-state index in [0.717, 1.165) is 65.8 Å². The van der Waals surface area contributed by atoms with Crippen LogP contribution < -0.4 is 0 Å². The third-order valence-electron chi connectivity index (χ3n) is 10.9. The summed E-state index contributed by atoms with van der Waals surface area (Å²) in [5.41, 5.74) is 4.99.